The second-order valence-corrected chi connectivity index (χ2v) is 6.93. The minimum atomic E-state index is -0.484. The minimum absolute atomic E-state index is 0. The first-order chi connectivity index (χ1) is 11.1. The zero-order valence-corrected chi connectivity index (χ0v) is 17.0. The molecule has 25 heavy (non-hydrogen) atoms. The maximum absolute atomic E-state index is 12.3. The van der Waals surface area contributed by atoms with Gasteiger partial charge < -0.3 is 15.7 Å². The van der Waals surface area contributed by atoms with Crippen molar-refractivity contribution in [1.82, 2.24) is 9.80 Å². The number of aliphatic hydroxyl groups excluding tert-OH is 1. The Bertz CT molecular complexity index is 488. The van der Waals surface area contributed by atoms with E-state index in [4.69, 9.17) is 5.73 Å². The summed E-state index contributed by atoms with van der Waals surface area (Å²) < 4.78 is 0. The lowest BCUT2D eigenvalue weighted by molar-refractivity contribution is -0.134. The molecule has 1 fully saturated rings. The average Bonchev–Trinajstić information content (AvgIpc) is 2.60. The van der Waals surface area contributed by atoms with Crippen LogP contribution in [0.3, 0.4) is 0 Å². The van der Waals surface area contributed by atoms with E-state index in [0.29, 0.717) is 19.6 Å². The number of hydrogen-bond donors (Lipinski definition) is 2. The third-order valence-corrected chi connectivity index (χ3v) is 4.89. The third-order valence-electron chi connectivity index (χ3n) is 4.25. The summed E-state index contributed by atoms with van der Waals surface area (Å²) in [7, 11) is 0. The predicted molar refractivity (Wildman–Crippen MR) is 110 cm³/mol. The van der Waals surface area contributed by atoms with Gasteiger partial charge in [-0.2, -0.15) is 11.8 Å². The van der Waals surface area contributed by atoms with Gasteiger partial charge in [0.1, 0.15) is 0 Å². The summed E-state index contributed by atoms with van der Waals surface area (Å²) in [6, 6.07) is 9.31. The van der Waals surface area contributed by atoms with Crippen LogP contribution in [-0.4, -0.2) is 71.6 Å². The van der Waals surface area contributed by atoms with Crippen LogP contribution in [-0.2, 0) is 4.79 Å². The SMILES string of the molecule is CSCC[C@H](N)C(=O)N1CCN(CC(O)c2ccccc2)CC1.Cl.Cl. The molecular weight excluding hydrogens is 381 g/mol. The molecule has 8 heteroatoms. The van der Waals surface area contributed by atoms with Crippen molar-refractivity contribution in [3.63, 3.8) is 0 Å². The normalized spacial score (nSPS) is 17.2. The van der Waals surface area contributed by atoms with Crippen LogP contribution in [0.4, 0.5) is 0 Å². The highest BCUT2D eigenvalue weighted by atomic mass is 35.5. The van der Waals surface area contributed by atoms with Crippen LogP contribution in [0.2, 0.25) is 0 Å². The zero-order valence-electron chi connectivity index (χ0n) is 14.5. The van der Waals surface area contributed by atoms with E-state index in [9.17, 15) is 9.90 Å². The number of benzene rings is 1. The third kappa shape index (κ3) is 7.72. The number of aliphatic hydroxyl groups is 1. The molecule has 1 aliphatic heterocycles. The number of piperazine rings is 1. The summed E-state index contributed by atoms with van der Waals surface area (Å²) in [5.74, 6) is 0.971. The van der Waals surface area contributed by atoms with Crippen molar-refractivity contribution in [1.29, 1.82) is 0 Å². The molecule has 0 aromatic heterocycles. The fourth-order valence-electron chi connectivity index (χ4n) is 2.78. The van der Waals surface area contributed by atoms with Crippen molar-refractivity contribution in [3.05, 3.63) is 35.9 Å². The van der Waals surface area contributed by atoms with Gasteiger partial charge in [-0.1, -0.05) is 30.3 Å². The Labute approximate surface area is 167 Å². The Morgan fingerprint density at radius 2 is 1.80 bits per heavy atom. The molecule has 0 spiro atoms. The van der Waals surface area contributed by atoms with E-state index in [1.54, 1.807) is 11.8 Å². The van der Waals surface area contributed by atoms with Crippen molar-refractivity contribution in [3.8, 4) is 0 Å². The van der Waals surface area contributed by atoms with Crippen molar-refractivity contribution < 1.29 is 9.90 Å². The fraction of sp³-hybridized carbons (Fsp3) is 0.588. The highest BCUT2D eigenvalue weighted by Gasteiger charge is 2.25. The molecule has 2 atom stereocenters. The van der Waals surface area contributed by atoms with Gasteiger partial charge in [0, 0.05) is 32.7 Å². The molecule has 1 aromatic carbocycles. The second kappa shape index (κ2) is 12.8. The average molecular weight is 410 g/mol. The number of amides is 1. The van der Waals surface area contributed by atoms with Gasteiger partial charge in [0.15, 0.2) is 0 Å². The smallest absolute Gasteiger partial charge is 0.239 e. The molecule has 0 aliphatic carbocycles. The van der Waals surface area contributed by atoms with Crippen LogP contribution in [0.5, 0.6) is 0 Å². The Balaban J connectivity index is 0.00000288. The van der Waals surface area contributed by atoms with Crippen LogP contribution < -0.4 is 5.73 Å². The first kappa shape index (κ1) is 24.5. The lowest BCUT2D eigenvalue weighted by Gasteiger charge is -2.36. The van der Waals surface area contributed by atoms with Crippen LogP contribution in [0.1, 0.15) is 18.1 Å². The molecule has 0 radical (unpaired) electrons. The highest BCUT2D eigenvalue weighted by Crippen LogP contribution is 2.15. The number of carbonyl (C=O) groups is 1. The monoisotopic (exact) mass is 409 g/mol. The minimum Gasteiger partial charge on any atom is -0.387 e. The first-order valence-electron chi connectivity index (χ1n) is 8.10. The van der Waals surface area contributed by atoms with Crippen LogP contribution in [0, 0.1) is 0 Å². The first-order valence-corrected chi connectivity index (χ1v) is 9.50. The molecule has 1 amide bonds. The van der Waals surface area contributed by atoms with Gasteiger partial charge in [0.2, 0.25) is 5.91 Å². The number of halogens is 2. The molecule has 144 valence electrons. The number of β-amino-alcohol motifs (C(OH)–C–C–N with tert-alkyl or cyclic N) is 1. The summed E-state index contributed by atoms with van der Waals surface area (Å²) in [6.45, 7) is 3.54. The van der Waals surface area contributed by atoms with Gasteiger partial charge in [-0.15, -0.1) is 24.8 Å². The Kier molecular flexibility index (Phi) is 12.5. The Hall–Kier alpha value is -0.500. The second-order valence-electron chi connectivity index (χ2n) is 5.94. The number of carbonyl (C=O) groups excluding carboxylic acids is 1. The molecule has 0 bridgehead atoms. The van der Waals surface area contributed by atoms with Gasteiger partial charge in [-0.3, -0.25) is 9.69 Å². The molecule has 5 nitrogen and oxygen atoms in total. The largest absolute Gasteiger partial charge is 0.387 e. The van der Waals surface area contributed by atoms with Gasteiger partial charge >= 0.3 is 0 Å². The fourth-order valence-corrected chi connectivity index (χ4v) is 3.27. The van der Waals surface area contributed by atoms with Crippen LogP contribution in [0.25, 0.3) is 0 Å². The number of rotatable bonds is 7. The molecule has 1 saturated heterocycles. The van der Waals surface area contributed by atoms with E-state index in [1.807, 2.05) is 41.5 Å². The van der Waals surface area contributed by atoms with E-state index < -0.39 is 6.10 Å². The zero-order chi connectivity index (χ0) is 16.7. The van der Waals surface area contributed by atoms with Crippen molar-refractivity contribution in [2.24, 2.45) is 5.73 Å². The van der Waals surface area contributed by atoms with E-state index in [-0.39, 0.29) is 36.8 Å². The molecule has 1 heterocycles. The predicted octanol–water partition coefficient (Wildman–Crippen LogP) is 1.79. The Morgan fingerprint density at radius 3 is 2.36 bits per heavy atom. The standard InChI is InChI=1S/C17H27N3O2S.2ClH/c1-23-12-7-15(18)17(22)20-10-8-19(9-11-20)13-16(21)14-5-3-2-4-6-14;;/h2-6,15-16,21H,7-13,18H2,1H3;2*1H/t15-,16?;;/m0../s1. The summed E-state index contributed by atoms with van der Waals surface area (Å²) >= 11 is 1.71. The summed E-state index contributed by atoms with van der Waals surface area (Å²) in [6.07, 6.45) is 2.27. The molecule has 1 aliphatic rings. The molecule has 3 N–H and O–H groups in total. The van der Waals surface area contributed by atoms with E-state index in [2.05, 4.69) is 4.90 Å². The topological polar surface area (TPSA) is 69.8 Å². The summed E-state index contributed by atoms with van der Waals surface area (Å²) in [5, 5.41) is 10.3. The molecular formula is C17H29Cl2N3O2S. The van der Waals surface area contributed by atoms with Crippen LogP contribution >= 0.6 is 36.6 Å². The van der Waals surface area contributed by atoms with Crippen molar-refractivity contribution in [2.45, 2.75) is 18.6 Å². The number of nitrogens with zero attached hydrogens (tertiary/aromatic N) is 2. The lowest BCUT2D eigenvalue weighted by Crippen LogP contribution is -2.53. The summed E-state index contributed by atoms with van der Waals surface area (Å²) in [5.41, 5.74) is 6.90. The maximum Gasteiger partial charge on any atom is 0.239 e. The van der Waals surface area contributed by atoms with Gasteiger partial charge in [-0.05, 0) is 24.0 Å². The number of thioether (sulfide) groups is 1. The van der Waals surface area contributed by atoms with E-state index >= 15 is 0 Å². The van der Waals surface area contributed by atoms with Gasteiger partial charge in [0.05, 0.1) is 12.1 Å². The van der Waals surface area contributed by atoms with E-state index in [1.165, 1.54) is 0 Å². The highest BCUT2D eigenvalue weighted by molar-refractivity contribution is 7.98. The van der Waals surface area contributed by atoms with Gasteiger partial charge in [-0.25, -0.2) is 0 Å². The number of hydrogen-bond acceptors (Lipinski definition) is 5. The molecule has 2 rings (SSSR count). The maximum atomic E-state index is 12.3. The quantitative estimate of drug-likeness (QED) is 0.717. The Morgan fingerprint density at radius 1 is 1.20 bits per heavy atom. The van der Waals surface area contributed by atoms with E-state index in [0.717, 1.165) is 30.8 Å². The number of nitrogens with two attached hydrogens (primary N) is 1. The van der Waals surface area contributed by atoms with Crippen LogP contribution in [0.15, 0.2) is 30.3 Å². The van der Waals surface area contributed by atoms with Crippen molar-refractivity contribution in [2.75, 3.05) is 44.7 Å². The van der Waals surface area contributed by atoms with Crippen molar-refractivity contribution >= 4 is 42.5 Å². The molecule has 1 aromatic rings. The van der Waals surface area contributed by atoms with Gasteiger partial charge in [0.25, 0.3) is 0 Å². The summed E-state index contributed by atoms with van der Waals surface area (Å²) in [4.78, 5) is 16.3. The lowest BCUT2D eigenvalue weighted by atomic mass is 10.1. The molecule has 0 saturated carbocycles. The molecule has 1 unspecified atom stereocenters.